The van der Waals surface area contributed by atoms with Crippen LogP contribution in [-0.4, -0.2) is 30.5 Å². The summed E-state index contributed by atoms with van der Waals surface area (Å²) in [6.07, 6.45) is -0.999. The van der Waals surface area contributed by atoms with Crippen molar-refractivity contribution in [1.82, 2.24) is 0 Å². The van der Waals surface area contributed by atoms with Gasteiger partial charge in [-0.1, -0.05) is 18.2 Å². The average molecular weight is 376 g/mol. The molecule has 0 bridgehead atoms. The number of primary amides is 1. The van der Waals surface area contributed by atoms with Crippen molar-refractivity contribution < 1.29 is 23.9 Å². The number of carbonyl (C=O) groups excluding carboxylic acids is 3. The molecule has 1 heterocycles. The lowest BCUT2D eigenvalue weighted by molar-refractivity contribution is -0.153. The average Bonchev–Trinajstić information content (AvgIpc) is 3.05. The summed E-state index contributed by atoms with van der Waals surface area (Å²) in [5.41, 5.74) is 6.41. The molecule has 26 heavy (non-hydrogen) atoms. The number of amides is 2. The number of anilines is 1. The first-order chi connectivity index (χ1) is 12.4. The van der Waals surface area contributed by atoms with Gasteiger partial charge in [0.1, 0.15) is 10.8 Å². The van der Waals surface area contributed by atoms with Crippen molar-refractivity contribution >= 4 is 34.1 Å². The highest BCUT2D eigenvalue weighted by Gasteiger charge is 2.20. The van der Waals surface area contributed by atoms with Crippen LogP contribution in [0.1, 0.15) is 29.3 Å². The van der Waals surface area contributed by atoms with Gasteiger partial charge in [0, 0.05) is 0 Å². The molecule has 0 aliphatic carbocycles. The van der Waals surface area contributed by atoms with Crippen LogP contribution in [0.3, 0.4) is 0 Å². The van der Waals surface area contributed by atoms with E-state index in [2.05, 4.69) is 5.32 Å². The Kier molecular flexibility index (Phi) is 6.74. The minimum atomic E-state index is -1.01. The standard InChI is InChI=1S/C18H20N2O5S/c1-11-5-3-4-6-14(11)24-9-7-15(21)25-12(2)17(23)20-18-13(16(19)22)8-10-26-18/h3-6,8,10,12H,7,9H2,1-2H3,(H2,19,22)(H,20,23)/t12-/m1/s1. The molecule has 0 unspecified atom stereocenters. The lowest BCUT2D eigenvalue weighted by Crippen LogP contribution is -2.30. The third kappa shape index (κ3) is 5.32. The van der Waals surface area contributed by atoms with Gasteiger partial charge in [-0.15, -0.1) is 11.3 Å². The van der Waals surface area contributed by atoms with E-state index in [0.717, 1.165) is 16.9 Å². The minimum Gasteiger partial charge on any atom is -0.493 e. The molecule has 138 valence electrons. The van der Waals surface area contributed by atoms with Crippen LogP contribution in [0, 0.1) is 6.92 Å². The molecule has 0 aliphatic heterocycles. The predicted molar refractivity (Wildman–Crippen MR) is 98.3 cm³/mol. The highest BCUT2D eigenvalue weighted by Crippen LogP contribution is 2.23. The number of thiophene rings is 1. The third-order valence-electron chi connectivity index (χ3n) is 3.50. The highest BCUT2D eigenvalue weighted by atomic mass is 32.1. The molecule has 0 spiro atoms. The summed E-state index contributed by atoms with van der Waals surface area (Å²) in [4.78, 5) is 35.2. The first-order valence-electron chi connectivity index (χ1n) is 7.94. The van der Waals surface area contributed by atoms with Crippen molar-refractivity contribution in [2.45, 2.75) is 26.4 Å². The fourth-order valence-electron chi connectivity index (χ4n) is 2.09. The first kappa shape index (κ1) is 19.5. The molecule has 7 nitrogen and oxygen atoms in total. The topological polar surface area (TPSA) is 108 Å². The van der Waals surface area contributed by atoms with E-state index in [4.69, 9.17) is 15.2 Å². The van der Waals surface area contributed by atoms with Crippen molar-refractivity contribution in [2.75, 3.05) is 11.9 Å². The fraction of sp³-hybridized carbons (Fsp3) is 0.278. The summed E-state index contributed by atoms with van der Waals surface area (Å²) in [6, 6.07) is 8.98. The van der Waals surface area contributed by atoms with Gasteiger partial charge in [0.2, 0.25) is 0 Å². The molecule has 2 aromatic rings. The monoisotopic (exact) mass is 376 g/mol. The number of esters is 1. The molecule has 1 aromatic carbocycles. The molecule has 8 heteroatoms. The summed E-state index contributed by atoms with van der Waals surface area (Å²) in [5, 5.41) is 4.50. The molecule has 2 amide bonds. The van der Waals surface area contributed by atoms with E-state index in [0.29, 0.717) is 10.8 Å². The van der Waals surface area contributed by atoms with Gasteiger partial charge >= 0.3 is 5.97 Å². The van der Waals surface area contributed by atoms with Crippen LogP contribution in [0.2, 0.25) is 0 Å². The van der Waals surface area contributed by atoms with Crippen LogP contribution in [0.25, 0.3) is 0 Å². The maximum Gasteiger partial charge on any atom is 0.310 e. The molecule has 0 saturated carbocycles. The molecule has 1 aromatic heterocycles. The number of ether oxygens (including phenoxy) is 2. The molecule has 0 fully saturated rings. The van der Waals surface area contributed by atoms with Crippen molar-refractivity contribution in [2.24, 2.45) is 5.73 Å². The van der Waals surface area contributed by atoms with Gasteiger partial charge in [0.25, 0.3) is 11.8 Å². The van der Waals surface area contributed by atoms with E-state index in [9.17, 15) is 14.4 Å². The van der Waals surface area contributed by atoms with E-state index in [1.54, 1.807) is 5.38 Å². The number of carbonyl (C=O) groups is 3. The lowest BCUT2D eigenvalue weighted by Gasteiger charge is -2.14. The van der Waals surface area contributed by atoms with E-state index >= 15 is 0 Å². The fourth-order valence-corrected chi connectivity index (χ4v) is 2.88. The second kappa shape index (κ2) is 9.00. The molecule has 0 aliphatic rings. The summed E-state index contributed by atoms with van der Waals surface area (Å²) in [7, 11) is 0. The Hall–Kier alpha value is -2.87. The zero-order chi connectivity index (χ0) is 19.1. The summed E-state index contributed by atoms with van der Waals surface area (Å²) < 4.78 is 10.6. The Morgan fingerprint density at radius 2 is 1.96 bits per heavy atom. The van der Waals surface area contributed by atoms with Crippen LogP contribution in [0.4, 0.5) is 5.00 Å². The van der Waals surface area contributed by atoms with Gasteiger partial charge in [0.05, 0.1) is 18.6 Å². The maximum atomic E-state index is 12.1. The van der Waals surface area contributed by atoms with Crippen LogP contribution in [-0.2, 0) is 14.3 Å². The smallest absolute Gasteiger partial charge is 0.310 e. The summed E-state index contributed by atoms with van der Waals surface area (Å²) >= 11 is 1.16. The molecule has 0 saturated heterocycles. The Bertz CT molecular complexity index is 802. The SMILES string of the molecule is Cc1ccccc1OCCC(=O)O[C@H](C)C(=O)Nc1sccc1C(N)=O. The van der Waals surface area contributed by atoms with Crippen LogP contribution in [0.15, 0.2) is 35.7 Å². The largest absolute Gasteiger partial charge is 0.493 e. The van der Waals surface area contributed by atoms with Gasteiger partial charge in [0.15, 0.2) is 6.10 Å². The van der Waals surface area contributed by atoms with E-state index < -0.39 is 23.9 Å². The van der Waals surface area contributed by atoms with Gasteiger partial charge in [-0.3, -0.25) is 14.4 Å². The zero-order valence-corrected chi connectivity index (χ0v) is 15.3. The number of aryl methyl sites for hydroxylation is 1. The zero-order valence-electron chi connectivity index (χ0n) is 14.5. The van der Waals surface area contributed by atoms with Crippen molar-refractivity contribution in [3.8, 4) is 5.75 Å². The Balaban J connectivity index is 1.79. The van der Waals surface area contributed by atoms with Crippen LogP contribution in [0.5, 0.6) is 5.75 Å². The molecule has 3 N–H and O–H groups in total. The Morgan fingerprint density at radius 3 is 2.65 bits per heavy atom. The highest BCUT2D eigenvalue weighted by molar-refractivity contribution is 7.14. The molecule has 2 rings (SSSR count). The number of rotatable bonds is 8. The Morgan fingerprint density at radius 1 is 1.23 bits per heavy atom. The first-order valence-corrected chi connectivity index (χ1v) is 8.82. The number of hydrogen-bond acceptors (Lipinski definition) is 6. The summed E-state index contributed by atoms with van der Waals surface area (Å²) in [5.74, 6) is -1.03. The van der Waals surface area contributed by atoms with Crippen LogP contribution < -0.4 is 15.8 Å². The van der Waals surface area contributed by atoms with Crippen molar-refractivity contribution in [3.63, 3.8) is 0 Å². The number of benzene rings is 1. The van der Waals surface area contributed by atoms with Gasteiger partial charge < -0.3 is 20.5 Å². The minimum absolute atomic E-state index is 0.0114. The van der Waals surface area contributed by atoms with E-state index in [-0.39, 0.29) is 18.6 Å². The number of nitrogens with one attached hydrogen (secondary N) is 1. The Labute approximate surface area is 155 Å². The molecule has 1 atom stereocenters. The summed E-state index contributed by atoms with van der Waals surface area (Å²) in [6.45, 7) is 3.51. The van der Waals surface area contributed by atoms with Gasteiger partial charge in [-0.05, 0) is 36.9 Å². The van der Waals surface area contributed by atoms with Gasteiger partial charge in [-0.2, -0.15) is 0 Å². The maximum absolute atomic E-state index is 12.1. The van der Waals surface area contributed by atoms with E-state index in [1.807, 2.05) is 31.2 Å². The van der Waals surface area contributed by atoms with Crippen molar-refractivity contribution in [3.05, 3.63) is 46.8 Å². The second-order valence-electron chi connectivity index (χ2n) is 5.51. The predicted octanol–water partition coefficient (Wildman–Crippen LogP) is 2.49. The lowest BCUT2D eigenvalue weighted by atomic mass is 10.2. The van der Waals surface area contributed by atoms with E-state index in [1.165, 1.54) is 13.0 Å². The number of para-hydroxylation sites is 1. The quantitative estimate of drug-likeness (QED) is 0.688. The molecular formula is C18H20N2O5S. The van der Waals surface area contributed by atoms with Crippen LogP contribution >= 0.6 is 11.3 Å². The van der Waals surface area contributed by atoms with Crippen molar-refractivity contribution in [1.29, 1.82) is 0 Å². The molecular weight excluding hydrogens is 356 g/mol. The normalized spacial score (nSPS) is 11.5. The third-order valence-corrected chi connectivity index (χ3v) is 4.33. The molecule has 0 radical (unpaired) electrons. The van der Waals surface area contributed by atoms with Gasteiger partial charge in [-0.25, -0.2) is 0 Å². The number of nitrogens with two attached hydrogens (primary N) is 1. The number of hydrogen-bond donors (Lipinski definition) is 2. The second-order valence-corrected chi connectivity index (χ2v) is 6.43.